The van der Waals surface area contributed by atoms with Crippen molar-refractivity contribution in [2.75, 3.05) is 6.61 Å². The van der Waals surface area contributed by atoms with E-state index in [4.69, 9.17) is 4.74 Å². The Labute approximate surface area is 135 Å². The first-order chi connectivity index (χ1) is 11.2. The summed E-state index contributed by atoms with van der Waals surface area (Å²) < 4.78 is 7.11. The molecule has 23 heavy (non-hydrogen) atoms. The van der Waals surface area contributed by atoms with E-state index in [1.54, 1.807) is 6.07 Å². The SMILES string of the molecule is C[C@H](CC[C@H]1CCCO1)NC(=O)c1ccccc1-n1cnnn1. The van der Waals surface area contributed by atoms with Crippen LogP contribution in [0.3, 0.4) is 0 Å². The van der Waals surface area contributed by atoms with Crippen molar-refractivity contribution in [2.24, 2.45) is 0 Å². The van der Waals surface area contributed by atoms with Gasteiger partial charge in [0, 0.05) is 12.6 Å². The van der Waals surface area contributed by atoms with E-state index >= 15 is 0 Å². The molecule has 0 spiro atoms. The summed E-state index contributed by atoms with van der Waals surface area (Å²) in [6, 6.07) is 7.38. The molecule has 1 fully saturated rings. The van der Waals surface area contributed by atoms with E-state index < -0.39 is 0 Å². The molecule has 1 aromatic heterocycles. The third-order valence-corrected chi connectivity index (χ3v) is 4.07. The number of carbonyl (C=O) groups is 1. The van der Waals surface area contributed by atoms with Gasteiger partial charge in [-0.15, -0.1) is 5.10 Å². The van der Waals surface area contributed by atoms with Gasteiger partial charge in [-0.1, -0.05) is 12.1 Å². The number of benzene rings is 1. The summed E-state index contributed by atoms with van der Waals surface area (Å²) in [4.78, 5) is 12.5. The summed E-state index contributed by atoms with van der Waals surface area (Å²) in [6.45, 7) is 2.89. The minimum Gasteiger partial charge on any atom is -0.378 e. The van der Waals surface area contributed by atoms with Gasteiger partial charge in [-0.3, -0.25) is 4.79 Å². The van der Waals surface area contributed by atoms with Crippen molar-refractivity contribution in [1.29, 1.82) is 0 Å². The number of ether oxygens (including phenoxy) is 1. The lowest BCUT2D eigenvalue weighted by molar-refractivity contribution is 0.0899. The van der Waals surface area contributed by atoms with Crippen molar-refractivity contribution in [1.82, 2.24) is 25.5 Å². The van der Waals surface area contributed by atoms with Crippen LogP contribution in [-0.4, -0.2) is 44.9 Å². The van der Waals surface area contributed by atoms with Crippen LogP contribution in [0.1, 0.15) is 43.0 Å². The fraction of sp³-hybridized carbons (Fsp3) is 0.500. The lowest BCUT2D eigenvalue weighted by Crippen LogP contribution is -2.33. The second-order valence-electron chi connectivity index (χ2n) is 5.86. The van der Waals surface area contributed by atoms with E-state index in [0.717, 1.165) is 32.3 Å². The maximum atomic E-state index is 12.5. The number of rotatable bonds is 6. The molecule has 7 heteroatoms. The van der Waals surface area contributed by atoms with Crippen molar-refractivity contribution in [3.63, 3.8) is 0 Å². The number of aromatic nitrogens is 4. The highest BCUT2D eigenvalue weighted by atomic mass is 16.5. The normalized spacial score (nSPS) is 18.7. The molecule has 1 aliphatic rings. The van der Waals surface area contributed by atoms with Crippen LogP contribution < -0.4 is 5.32 Å². The van der Waals surface area contributed by atoms with Gasteiger partial charge in [-0.05, 0) is 55.2 Å². The molecule has 2 aromatic rings. The molecule has 2 atom stereocenters. The molecule has 7 nitrogen and oxygen atoms in total. The Morgan fingerprint density at radius 2 is 2.35 bits per heavy atom. The number of hydrogen-bond donors (Lipinski definition) is 1. The molecule has 0 radical (unpaired) electrons. The number of tetrazole rings is 1. The molecule has 3 rings (SSSR count). The fourth-order valence-electron chi connectivity index (χ4n) is 2.82. The van der Waals surface area contributed by atoms with Gasteiger partial charge in [0.2, 0.25) is 0 Å². The zero-order valence-electron chi connectivity index (χ0n) is 13.2. The molecule has 1 aromatic carbocycles. The fourth-order valence-corrected chi connectivity index (χ4v) is 2.82. The Balaban J connectivity index is 1.61. The molecule has 2 heterocycles. The molecule has 1 aliphatic heterocycles. The average molecular weight is 315 g/mol. The van der Waals surface area contributed by atoms with Crippen LogP contribution in [0.4, 0.5) is 0 Å². The van der Waals surface area contributed by atoms with Crippen molar-refractivity contribution in [3.8, 4) is 5.69 Å². The molecule has 122 valence electrons. The van der Waals surface area contributed by atoms with Crippen LogP contribution >= 0.6 is 0 Å². The van der Waals surface area contributed by atoms with Gasteiger partial charge < -0.3 is 10.1 Å². The Kier molecular flexibility index (Phi) is 4.97. The number of amides is 1. The zero-order valence-corrected chi connectivity index (χ0v) is 13.2. The molecule has 0 aliphatic carbocycles. The third-order valence-electron chi connectivity index (χ3n) is 4.07. The number of hydrogen-bond acceptors (Lipinski definition) is 5. The highest BCUT2D eigenvalue weighted by molar-refractivity contribution is 5.97. The maximum absolute atomic E-state index is 12.5. The minimum absolute atomic E-state index is 0.0913. The molecule has 0 bridgehead atoms. The molecule has 1 amide bonds. The number of nitrogens with zero attached hydrogens (tertiary/aromatic N) is 4. The maximum Gasteiger partial charge on any atom is 0.253 e. The Morgan fingerprint density at radius 1 is 1.48 bits per heavy atom. The quantitative estimate of drug-likeness (QED) is 0.878. The van der Waals surface area contributed by atoms with Crippen LogP contribution in [0.2, 0.25) is 0 Å². The van der Waals surface area contributed by atoms with Gasteiger partial charge in [-0.2, -0.15) is 4.68 Å². The van der Waals surface area contributed by atoms with E-state index in [1.165, 1.54) is 11.0 Å². The first-order valence-electron chi connectivity index (χ1n) is 7.99. The predicted octanol–water partition coefficient (Wildman–Crippen LogP) is 1.74. The smallest absolute Gasteiger partial charge is 0.253 e. The molecule has 1 saturated heterocycles. The Hall–Kier alpha value is -2.28. The van der Waals surface area contributed by atoms with Gasteiger partial charge >= 0.3 is 0 Å². The second kappa shape index (κ2) is 7.32. The number of carbonyl (C=O) groups excluding carboxylic acids is 1. The molecule has 0 saturated carbocycles. The highest BCUT2D eigenvalue weighted by Gasteiger charge is 2.19. The van der Waals surface area contributed by atoms with Crippen LogP contribution in [0.15, 0.2) is 30.6 Å². The van der Waals surface area contributed by atoms with Gasteiger partial charge in [0.05, 0.1) is 17.4 Å². The summed E-state index contributed by atoms with van der Waals surface area (Å²) in [5, 5.41) is 14.1. The van der Waals surface area contributed by atoms with Crippen molar-refractivity contribution >= 4 is 5.91 Å². The molecule has 1 N–H and O–H groups in total. The van der Waals surface area contributed by atoms with E-state index in [2.05, 4.69) is 20.8 Å². The second-order valence-corrected chi connectivity index (χ2v) is 5.86. The van der Waals surface area contributed by atoms with E-state index in [9.17, 15) is 4.79 Å². The van der Waals surface area contributed by atoms with Crippen molar-refractivity contribution < 1.29 is 9.53 Å². The van der Waals surface area contributed by atoms with Gasteiger partial charge in [0.25, 0.3) is 5.91 Å². The lowest BCUT2D eigenvalue weighted by atomic mass is 10.1. The first kappa shape index (κ1) is 15.6. The van der Waals surface area contributed by atoms with Crippen LogP contribution in [0.25, 0.3) is 5.69 Å². The lowest BCUT2D eigenvalue weighted by Gasteiger charge is -2.17. The monoisotopic (exact) mass is 315 g/mol. The summed E-state index contributed by atoms with van der Waals surface area (Å²) in [6.07, 6.45) is 5.99. The molecule has 0 unspecified atom stereocenters. The van der Waals surface area contributed by atoms with Crippen LogP contribution in [0, 0.1) is 0 Å². The van der Waals surface area contributed by atoms with E-state index in [-0.39, 0.29) is 11.9 Å². The van der Waals surface area contributed by atoms with Crippen LogP contribution in [0.5, 0.6) is 0 Å². The molecular formula is C16H21N5O2. The standard InChI is InChI=1S/C16H21N5O2/c1-12(8-9-13-5-4-10-23-13)18-16(22)14-6-2-3-7-15(14)21-11-17-19-20-21/h2-3,6-7,11-13H,4-5,8-10H2,1H3,(H,18,22)/t12-,13-/m1/s1. The summed E-state index contributed by atoms with van der Waals surface area (Å²) in [7, 11) is 0. The molecular weight excluding hydrogens is 294 g/mol. The summed E-state index contributed by atoms with van der Waals surface area (Å²) >= 11 is 0. The third kappa shape index (κ3) is 3.92. The highest BCUT2D eigenvalue weighted by Crippen LogP contribution is 2.18. The largest absolute Gasteiger partial charge is 0.378 e. The van der Waals surface area contributed by atoms with Gasteiger partial charge in [-0.25, -0.2) is 0 Å². The topological polar surface area (TPSA) is 81.9 Å². The number of nitrogens with one attached hydrogen (secondary N) is 1. The summed E-state index contributed by atoms with van der Waals surface area (Å²) in [5.41, 5.74) is 1.23. The van der Waals surface area contributed by atoms with Gasteiger partial charge in [0.1, 0.15) is 6.33 Å². The van der Waals surface area contributed by atoms with Crippen LogP contribution in [-0.2, 0) is 4.74 Å². The van der Waals surface area contributed by atoms with E-state index in [1.807, 2.05) is 25.1 Å². The van der Waals surface area contributed by atoms with Crippen molar-refractivity contribution in [2.45, 2.75) is 44.8 Å². The van der Waals surface area contributed by atoms with Gasteiger partial charge in [0.15, 0.2) is 0 Å². The zero-order chi connectivity index (χ0) is 16.1. The number of para-hydroxylation sites is 1. The van der Waals surface area contributed by atoms with Crippen molar-refractivity contribution in [3.05, 3.63) is 36.2 Å². The predicted molar refractivity (Wildman–Crippen MR) is 84.3 cm³/mol. The summed E-state index contributed by atoms with van der Waals surface area (Å²) in [5.74, 6) is -0.115. The Morgan fingerprint density at radius 3 is 3.09 bits per heavy atom. The minimum atomic E-state index is -0.115. The first-order valence-corrected chi connectivity index (χ1v) is 7.99. The van der Waals surface area contributed by atoms with E-state index in [0.29, 0.717) is 17.4 Å². The average Bonchev–Trinajstić information content (AvgIpc) is 3.26. The Bertz CT molecular complexity index is 638.